The van der Waals surface area contributed by atoms with Crippen LogP contribution in [0.4, 0.5) is 11.5 Å². The van der Waals surface area contributed by atoms with Crippen LogP contribution in [0.2, 0.25) is 0 Å². The van der Waals surface area contributed by atoms with Crippen LogP contribution in [-0.4, -0.2) is 71.1 Å². The molecule has 0 aliphatic carbocycles. The van der Waals surface area contributed by atoms with Gasteiger partial charge in [0.1, 0.15) is 23.8 Å². The predicted octanol–water partition coefficient (Wildman–Crippen LogP) is 3.06. The lowest BCUT2D eigenvalue weighted by molar-refractivity contribution is -0.134. The van der Waals surface area contributed by atoms with Crippen molar-refractivity contribution in [1.29, 1.82) is 0 Å². The van der Waals surface area contributed by atoms with Gasteiger partial charge in [-0.05, 0) is 62.3 Å². The lowest BCUT2D eigenvalue weighted by Gasteiger charge is -2.33. The van der Waals surface area contributed by atoms with Gasteiger partial charge >= 0.3 is 0 Å². The fraction of sp³-hybridized carbons (Fsp3) is 0.480. The maximum atomic E-state index is 13.4. The number of aliphatic hydroxyl groups excluding tert-OH is 1. The van der Waals surface area contributed by atoms with E-state index in [4.69, 9.17) is 4.74 Å². The molecule has 3 heterocycles. The Morgan fingerprint density at radius 2 is 1.97 bits per heavy atom. The van der Waals surface area contributed by atoms with E-state index in [-0.39, 0.29) is 30.9 Å². The number of anilines is 2. The number of hydrogen-bond donors (Lipinski definition) is 2. The van der Waals surface area contributed by atoms with Crippen molar-refractivity contribution in [2.24, 2.45) is 5.92 Å². The van der Waals surface area contributed by atoms with Crippen molar-refractivity contribution in [3.8, 4) is 5.75 Å². The highest BCUT2D eigenvalue weighted by molar-refractivity contribution is 5.95. The van der Waals surface area contributed by atoms with Crippen LogP contribution in [-0.2, 0) is 4.79 Å². The van der Waals surface area contributed by atoms with Crippen LogP contribution in [0, 0.1) is 5.92 Å². The number of para-hydroxylation sites is 2. The SMILES string of the molecule is O=C(CN1CCCCCOc2ccccc2Nc2cccc(n2)C1=O)N1CCCC(CO)C1. The molecule has 2 amide bonds. The number of carbonyl (C=O) groups is 2. The highest BCUT2D eigenvalue weighted by Gasteiger charge is 2.27. The summed E-state index contributed by atoms with van der Waals surface area (Å²) in [5.74, 6) is 1.09. The summed E-state index contributed by atoms with van der Waals surface area (Å²) in [6, 6.07) is 13.0. The Morgan fingerprint density at radius 1 is 1.09 bits per heavy atom. The van der Waals surface area contributed by atoms with Gasteiger partial charge < -0.3 is 25.0 Å². The minimum atomic E-state index is -0.246. The minimum Gasteiger partial charge on any atom is -0.491 e. The number of nitrogens with zero attached hydrogens (tertiary/aromatic N) is 3. The lowest BCUT2D eigenvalue weighted by Crippen LogP contribution is -2.47. The number of rotatable bonds is 3. The first-order valence-corrected chi connectivity index (χ1v) is 11.8. The summed E-state index contributed by atoms with van der Waals surface area (Å²) in [4.78, 5) is 34.3. The first-order chi connectivity index (χ1) is 16.1. The molecule has 0 spiro atoms. The average Bonchev–Trinajstić information content (AvgIpc) is 2.85. The molecule has 2 aliphatic heterocycles. The smallest absolute Gasteiger partial charge is 0.273 e. The van der Waals surface area contributed by atoms with Gasteiger partial charge in [-0.25, -0.2) is 4.98 Å². The molecular formula is C25H32N4O4. The van der Waals surface area contributed by atoms with Crippen molar-refractivity contribution in [2.75, 3.05) is 44.7 Å². The molecule has 2 N–H and O–H groups in total. The van der Waals surface area contributed by atoms with Crippen LogP contribution in [0.5, 0.6) is 5.75 Å². The third kappa shape index (κ3) is 6.01. The highest BCUT2D eigenvalue weighted by Crippen LogP contribution is 2.27. The fourth-order valence-corrected chi connectivity index (χ4v) is 4.34. The first-order valence-electron chi connectivity index (χ1n) is 11.8. The molecule has 4 rings (SSSR count). The number of benzene rings is 1. The van der Waals surface area contributed by atoms with E-state index >= 15 is 0 Å². The Kier molecular flexibility index (Phi) is 7.78. The Morgan fingerprint density at radius 3 is 2.85 bits per heavy atom. The molecule has 33 heavy (non-hydrogen) atoms. The summed E-state index contributed by atoms with van der Waals surface area (Å²) in [7, 11) is 0. The third-order valence-corrected chi connectivity index (χ3v) is 6.19. The molecule has 0 radical (unpaired) electrons. The number of piperidine rings is 1. The van der Waals surface area contributed by atoms with Crippen molar-refractivity contribution in [1.82, 2.24) is 14.8 Å². The summed E-state index contributed by atoms with van der Waals surface area (Å²) in [5.41, 5.74) is 1.09. The van der Waals surface area contributed by atoms with Crippen LogP contribution in [0.25, 0.3) is 0 Å². The van der Waals surface area contributed by atoms with E-state index in [9.17, 15) is 14.7 Å². The monoisotopic (exact) mass is 452 g/mol. The van der Waals surface area contributed by atoms with Gasteiger partial charge in [-0.3, -0.25) is 9.59 Å². The Balaban J connectivity index is 1.53. The van der Waals surface area contributed by atoms with Gasteiger partial charge in [0.2, 0.25) is 5.91 Å². The second kappa shape index (κ2) is 11.1. The molecular weight excluding hydrogens is 420 g/mol. The Labute approximate surface area is 194 Å². The molecule has 1 unspecified atom stereocenters. The average molecular weight is 453 g/mol. The predicted molar refractivity (Wildman–Crippen MR) is 126 cm³/mol. The van der Waals surface area contributed by atoms with Crippen LogP contribution < -0.4 is 10.1 Å². The van der Waals surface area contributed by atoms with Gasteiger partial charge in [0.25, 0.3) is 5.91 Å². The first kappa shape index (κ1) is 23.0. The topological polar surface area (TPSA) is 95.0 Å². The molecule has 1 aromatic heterocycles. The highest BCUT2D eigenvalue weighted by atomic mass is 16.5. The second-order valence-corrected chi connectivity index (χ2v) is 8.70. The van der Waals surface area contributed by atoms with E-state index < -0.39 is 0 Å². The van der Waals surface area contributed by atoms with Gasteiger partial charge in [-0.15, -0.1) is 0 Å². The van der Waals surface area contributed by atoms with Gasteiger partial charge in [-0.2, -0.15) is 0 Å². The van der Waals surface area contributed by atoms with E-state index in [2.05, 4.69) is 10.3 Å². The maximum Gasteiger partial charge on any atom is 0.273 e. The van der Waals surface area contributed by atoms with E-state index in [1.807, 2.05) is 24.3 Å². The van der Waals surface area contributed by atoms with E-state index in [1.54, 1.807) is 28.0 Å². The van der Waals surface area contributed by atoms with Crippen LogP contribution >= 0.6 is 0 Å². The standard InChI is InChI=1S/C25H32N4O4/c30-18-19-8-7-14-28(16-19)24(31)17-29-13-4-1-5-15-33-22-11-3-2-9-20(22)26-23-12-6-10-21(27-23)25(29)32/h2-3,6,9-12,19,30H,1,4-5,7-8,13-18H2,(H,26,27). The largest absolute Gasteiger partial charge is 0.491 e. The van der Waals surface area contributed by atoms with Gasteiger partial charge in [-0.1, -0.05) is 18.2 Å². The van der Waals surface area contributed by atoms with Crippen molar-refractivity contribution >= 4 is 23.3 Å². The van der Waals surface area contributed by atoms with E-state index in [1.165, 1.54) is 0 Å². The van der Waals surface area contributed by atoms with Crippen LogP contribution in [0.3, 0.4) is 0 Å². The van der Waals surface area contributed by atoms with E-state index in [0.717, 1.165) is 43.5 Å². The number of nitrogens with one attached hydrogen (secondary N) is 1. The lowest BCUT2D eigenvalue weighted by atomic mass is 9.99. The molecule has 8 heteroatoms. The number of amides is 2. The number of aromatic nitrogens is 1. The quantitative estimate of drug-likeness (QED) is 0.743. The fourth-order valence-electron chi connectivity index (χ4n) is 4.34. The summed E-state index contributed by atoms with van der Waals surface area (Å²) in [6.45, 7) is 2.39. The molecule has 2 aliphatic rings. The number of pyridine rings is 1. The molecule has 1 aromatic carbocycles. The van der Waals surface area contributed by atoms with Crippen LogP contribution in [0.15, 0.2) is 42.5 Å². The molecule has 0 saturated carbocycles. The van der Waals surface area contributed by atoms with Crippen molar-refractivity contribution < 1.29 is 19.4 Å². The van der Waals surface area contributed by atoms with Crippen molar-refractivity contribution in [3.63, 3.8) is 0 Å². The Bertz CT molecular complexity index is 967. The zero-order valence-corrected chi connectivity index (χ0v) is 18.9. The number of fused-ring (bicyclic) bond motifs is 3. The number of carbonyl (C=O) groups excluding carboxylic acids is 2. The summed E-state index contributed by atoms with van der Waals surface area (Å²) >= 11 is 0. The number of hydrogen-bond acceptors (Lipinski definition) is 6. The minimum absolute atomic E-state index is 0.0235. The number of likely N-dealkylation sites (tertiary alicyclic amines) is 1. The number of aliphatic hydroxyl groups is 1. The van der Waals surface area contributed by atoms with E-state index in [0.29, 0.717) is 37.8 Å². The van der Waals surface area contributed by atoms with Gasteiger partial charge in [0.05, 0.1) is 12.3 Å². The maximum absolute atomic E-state index is 13.4. The molecule has 176 valence electrons. The summed E-state index contributed by atoms with van der Waals surface area (Å²) in [6.07, 6.45) is 4.33. The molecule has 1 saturated heterocycles. The molecule has 1 fully saturated rings. The second-order valence-electron chi connectivity index (χ2n) is 8.70. The third-order valence-electron chi connectivity index (χ3n) is 6.19. The molecule has 2 bridgehead atoms. The van der Waals surface area contributed by atoms with Crippen LogP contribution in [0.1, 0.15) is 42.6 Å². The van der Waals surface area contributed by atoms with Gasteiger partial charge in [0.15, 0.2) is 0 Å². The summed E-state index contributed by atoms with van der Waals surface area (Å²) < 4.78 is 5.96. The zero-order chi connectivity index (χ0) is 23.0. The van der Waals surface area contributed by atoms with Crippen molar-refractivity contribution in [2.45, 2.75) is 32.1 Å². The summed E-state index contributed by atoms with van der Waals surface area (Å²) in [5, 5.41) is 12.7. The zero-order valence-electron chi connectivity index (χ0n) is 18.9. The molecule has 2 aromatic rings. The normalized spacial score (nSPS) is 19.7. The van der Waals surface area contributed by atoms with Gasteiger partial charge in [0, 0.05) is 26.2 Å². The molecule has 8 nitrogen and oxygen atoms in total. The molecule has 1 atom stereocenters. The Hall–Kier alpha value is -3.13. The number of ether oxygens (including phenoxy) is 1. The van der Waals surface area contributed by atoms with Crippen molar-refractivity contribution in [3.05, 3.63) is 48.2 Å².